The summed E-state index contributed by atoms with van der Waals surface area (Å²) in [6.07, 6.45) is 1.95. The van der Waals surface area contributed by atoms with Crippen LogP contribution in [0.1, 0.15) is 19.8 Å². The van der Waals surface area contributed by atoms with Crippen LogP contribution < -0.4 is 10.0 Å². The highest BCUT2D eigenvalue weighted by atomic mass is 35.5. The second-order valence-corrected chi connectivity index (χ2v) is 5.39. The van der Waals surface area contributed by atoms with Crippen molar-refractivity contribution in [1.82, 2.24) is 14.3 Å². The molecule has 1 saturated heterocycles. The Labute approximate surface area is 98.2 Å². The van der Waals surface area contributed by atoms with Crippen LogP contribution in [0.5, 0.6) is 0 Å². The van der Waals surface area contributed by atoms with Crippen LogP contribution in [0.25, 0.3) is 0 Å². The minimum atomic E-state index is -3.27. The summed E-state index contributed by atoms with van der Waals surface area (Å²) in [5, 5.41) is 3.17. The number of nitrogens with zero attached hydrogens (tertiary/aromatic N) is 1. The first-order chi connectivity index (χ1) is 6.56. The Morgan fingerprint density at radius 3 is 2.67 bits per heavy atom. The Bertz CT molecular complexity index is 265. The summed E-state index contributed by atoms with van der Waals surface area (Å²) >= 11 is 0. The molecule has 1 heterocycles. The van der Waals surface area contributed by atoms with Gasteiger partial charge in [0.15, 0.2) is 0 Å². The summed E-state index contributed by atoms with van der Waals surface area (Å²) < 4.78 is 27.2. The maximum absolute atomic E-state index is 11.6. The highest BCUT2D eigenvalue weighted by molar-refractivity contribution is 7.87. The molecule has 0 bridgehead atoms. The molecule has 1 aliphatic heterocycles. The van der Waals surface area contributed by atoms with Gasteiger partial charge in [0.1, 0.15) is 0 Å². The van der Waals surface area contributed by atoms with Gasteiger partial charge in [-0.1, -0.05) is 6.92 Å². The van der Waals surface area contributed by atoms with Gasteiger partial charge >= 0.3 is 0 Å². The van der Waals surface area contributed by atoms with Crippen LogP contribution in [0.3, 0.4) is 0 Å². The molecule has 0 saturated carbocycles. The van der Waals surface area contributed by atoms with Crippen molar-refractivity contribution in [2.24, 2.45) is 0 Å². The minimum absolute atomic E-state index is 0. The van der Waals surface area contributed by atoms with Gasteiger partial charge in [-0.25, -0.2) is 0 Å². The van der Waals surface area contributed by atoms with Crippen molar-refractivity contribution in [2.75, 3.05) is 26.7 Å². The predicted octanol–water partition coefficient (Wildman–Crippen LogP) is -0.0537. The number of rotatable bonds is 4. The number of halogens is 1. The van der Waals surface area contributed by atoms with E-state index in [0.717, 1.165) is 25.9 Å². The van der Waals surface area contributed by atoms with E-state index < -0.39 is 10.2 Å². The third kappa shape index (κ3) is 4.65. The van der Waals surface area contributed by atoms with E-state index in [9.17, 15) is 8.42 Å². The number of piperidine rings is 1. The van der Waals surface area contributed by atoms with Crippen molar-refractivity contribution in [3.63, 3.8) is 0 Å². The zero-order valence-electron chi connectivity index (χ0n) is 9.19. The quantitative estimate of drug-likeness (QED) is 0.742. The standard InChI is InChI=1S/C8H19N3O2S.ClH/c1-3-11(2)14(12,13)10-8-5-4-6-9-7-8;/h8-10H,3-7H2,1-2H3;1H/t8-;/m0./s1. The monoisotopic (exact) mass is 257 g/mol. The summed E-state index contributed by atoms with van der Waals surface area (Å²) in [5.41, 5.74) is 0. The molecular formula is C8H20ClN3O2S. The Balaban J connectivity index is 0.00000196. The fourth-order valence-electron chi connectivity index (χ4n) is 1.42. The van der Waals surface area contributed by atoms with Crippen LogP contribution in [-0.2, 0) is 10.2 Å². The number of hydrogen-bond donors (Lipinski definition) is 2. The molecule has 5 nitrogen and oxygen atoms in total. The molecule has 0 radical (unpaired) electrons. The van der Waals surface area contributed by atoms with Crippen LogP contribution in [0.15, 0.2) is 0 Å². The first-order valence-electron chi connectivity index (χ1n) is 5.00. The Hall–Kier alpha value is 0.120. The Morgan fingerprint density at radius 1 is 1.53 bits per heavy atom. The van der Waals surface area contributed by atoms with E-state index in [0.29, 0.717) is 6.54 Å². The fraction of sp³-hybridized carbons (Fsp3) is 1.00. The lowest BCUT2D eigenvalue weighted by Gasteiger charge is -2.25. The van der Waals surface area contributed by atoms with Crippen molar-refractivity contribution in [3.05, 3.63) is 0 Å². The number of hydrogen-bond acceptors (Lipinski definition) is 3. The van der Waals surface area contributed by atoms with Crippen LogP contribution in [-0.4, -0.2) is 45.4 Å². The fourth-order valence-corrected chi connectivity index (χ4v) is 2.57. The molecule has 0 spiro atoms. The summed E-state index contributed by atoms with van der Waals surface area (Å²) in [5.74, 6) is 0. The van der Waals surface area contributed by atoms with Crippen molar-refractivity contribution in [2.45, 2.75) is 25.8 Å². The second kappa shape index (κ2) is 6.65. The van der Waals surface area contributed by atoms with Gasteiger partial charge in [-0.15, -0.1) is 12.4 Å². The molecule has 0 aromatic heterocycles. The molecule has 1 fully saturated rings. The van der Waals surface area contributed by atoms with Crippen LogP contribution in [0.4, 0.5) is 0 Å². The van der Waals surface area contributed by atoms with Gasteiger partial charge in [0.25, 0.3) is 10.2 Å². The van der Waals surface area contributed by atoms with Gasteiger partial charge in [-0.3, -0.25) is 0 Å². The molecule has 0 aliphatic carbocycles. The van der Waals surface area contributed by atoms with Crippen molar-refractivity contribution in [1.29, 1.82) is 0 Å². The van der Waals surface area contributed by atoms with E-state index in [4.69, 9.17) is 0 Å². The third-order valence-electron chi connectivity index (χ3n) is 2.47. The van der Waals surface area contributed by atoms with Gasteiger partial charge < -0.3 is 5.32 Å². The molecule has 0 unspecified atom stereocenters. The lowest BCUT2D eigenvalue weighted by molar-refractivity contribution is 0.407. The highest BCUT2D eigenvalue weighted by Gasteiger charge is 2.22. The second-order valence-electron chi connectivity index (χ2n) is 3.58. The molecule has 2 N–H and O–H groups in total. The van der Waals surface area contributed by atoms with Gasteiger partial charge in [0, 0.05) is 26.2 Å². The normalized spacial score (nSPS) is 22.5. The Kier molecular flexibility index (Phi) is 6.70. The Morgan fingerprint density at radius 2 is 2.20 bits per heavy atom. The van der Waals surface area contributed by atoms with Gasteiger partial charge in [-0.05, 0) is 19.4 Å². The summed E-state index contributed by atoms with van der Waals surface area (Å²) in [7, 11) is -1.68. The molecular weight excluding hydrogens is 238 g/mol. The van der Waals surface area contributed by atoms with E-state index in [1.54, 1.807) is 7.05 Å². The molecule has 15 heavy (non-hydrogen) atoms. The van der Waals surface area contributed by atoms with Crippen LogP contribution >= 0.6 is 12.4 Å². The van der Waals surface area contributed by atoms with Gasteiger partial charge in [-0.2, -0.15) is 17.4 Å². The SMILES string of the molecule is CCN(C)S(=O)(=O)N[C@H]1CCCNC1.Cl. The largest absolute Gasteiger partial charge is 0.315 e. The van der Waals surface area contributed by atoms with Crippen molar-refractivity contribution in [3.8, 4) is 0 Å². The lowest BCUT2D eigenvalue weighted by atomic mass is 10.1. The van der Waals surface area contributed by atoms with Gasteiger partial charge in [0.2, 0.25) is 0 Å². The summed E-state index contributed by atoms with van der Waals surface area (Å²) in [4.78, 5) is 0. The van der Waals surface area contributed by atoms with E-state index in [1.165, 1.54) is 4.31 Å². The maximum atomic E-state index is 11.6. The summed E-state index contributed by atoms with van der Waals surface area (Å²) in [6, 6.07) is 0.0442. The third-order valence-corrected chi connectivity index (χ3v) is 4.18. The van der Waals surface area contributed by atoms with E-state index in [1.807, 2.05) is 6.92 Å². The zero-order chi connectivity index (χ0) is 10.6. The molecule has 7 heteroatoms. The molecule has 0 aromatic rings. The first kappa shape index (κ1) is 15.1. The van der Waals surface area contributed by atoms with Gasteiger partial charge in [0.05, 0.1) is 0 Å². The molecule has 0 amide bonds. The molecule has 1 aliphatic rings. The van der Waals surface area contributed by atoms with Crippen LogP contribution in [0, 0.1) is 0 Å². The molecule has 0 aromatic carbocycles. The lowest BCUT2D eigenvalue weighted by Crippen LogP contribution is -2.49. The average Bonchev–Trinajstić information content (AvgIpc) is 2.17. The van der Waals surface area contributed by atoms with E-state index in [2.05, 4.69) is 10.0 Å². The zero-order valence-corrected chi connectivity index (χ0v) is 10.8. The van der Waals surface area contributed by atoms with Crippen LogP contribution in [0.2, 0.25) is 0 Å². The molecule has 1 rings (SSSR count). The molecule has 92 valence electrons. The average molecular weight is 258 g/mol. The maximum Gasteiger partial charge on any atom is 0.279 e. The number of nitrogens with one attached hydrogen (secondary N) is 2. The van der Waals surface area contributed by atoms with E-state index >= 15 is 0 Å². The minimum Gasteiger partial charge on any atom is -0.315 e. The van der Waals surface area contributed by atoms with E-state index in [-0.39, 0.29) is 18.4 Å². The smallest absolute Gasteiger partial charge is 0.279 e. The summed E-state index contributed by atoms with van der Waals surface area (Å²) in [6.45, 7) is 4.03. The van der Waals surface area contributed by atoms with Crippen molar-refractivity contribution >= 4 is 22.6 Å². The highest BCUT2D eigenvalue weighted by Crippen LogP contribution is 2.04. The predicted molar refractivity (Wildman–Crippen MR) is 63.5 cm³/mol. The molecule has 1 atom stereocenters. The topological polar surface area (TPSA) is 61.4 Å². The van der Waals surface area contributed by atoms with Crippen molar-refractivity contribution < 1.29 is 8.42 Å². The first-order valence-corrected chi connectivity index (χ1v) is 6.44.